The van der Waals surface area contributed by atoms with E-state index in [4.69, 9.17) is 4.42 Å². The number of aromatic nitrogens is 2. The molecule has 1 fully saturated rings. The quantitative estimate of drug-likeness (QED) is 0.695. The number of aryl methyl sites for hydroxylation is 2. The van der Waals surface area contributed by atoms with Gasteiger partial charge in [-0.3, -0.25) is 4.72 Å². The Hall–Kier alpha value is -2.19. The smallest absolute Gasteiger partial charge is 0.271 e. The van der Waals surface area contributed by atoms with Crippen molar-refractivity contribution in [1.29, 1.82) is 0 Å². The Morgan fingerprint density at radius 1 is 1.15 bits per heavy atom. The number of nitrogens with one attached hydrogen (secondary N) is 1. The molecule has 8 heteroatoms. The fraction of sp³-hybridized carbons (Fsp3) is 0.333. The van der Waals surface area contributed by atoms with Crippen LogP contribution in [0.3, 0.4) is 0 Å². The molecule has 0 spiro atoms. The summed E-state index contributed by atoms with van der Waals surface area (Å²) in [5.41, 5.74) is 2.55. The first kappa shape index (κ1) is 17.2. The molecule has 1 N–H and O–H groups in total. The standard InChI is InChI=1S/C18H19N3O3S2/c1-11-6-7-14(12(2)10-11)21-26(22,23)16-9-8-15(25-16)18-20-19-17(24-18)13-4-3-5-13/h6-10,13,21H,3-5H2,1-2H3. The number of benzene rings is 1. The first-order valence-electron chi connectivity index (χ1n) is 8.46. The first-order valence-corrected chi connectivity index (χ1v) is 10.8. The van der Waals surface area contributed by atoms with E-state index in [0.29, 0.717) is 28.3 Å². The van der Waals surface area contributed by atoms with Crippen LogP contribution < -0.4 is 4.72 Å². The molecule has 0 aliphatic heterocycles. The van der Waals surface area contributed by atoms with Gasteiger partial charge < -0.3 is 4.42 Å². The summed E-state index contributed by atoms with van der Waals surface area (Å²) in [7, 11) is -3.66. The summed E-state index contributed by atoms with van der Waals surface area (Å²) >= 11 is 1.13. The average Bonchev–Trinajstić information content (AvgIpc) is 3.17. The fourth-order valence-corrected chi connectivity index (χ4v) is 5.22. The van der Waals surface area contributed by atoms with E-state index in [1.807, 2.05) is 26.0 Å². The van der Waals surface area contributed by atoms with Gasteiger partial charge in [-0.25, -0.2) is 8.42 Å². The van der Waals surface area contributed by atoms with E-state index < -0.39 is 10.0 Å². The highest BCUT2D eigenvalue weighted by Gasteiger charge is 2.26. The molecule has 0 saturated heterocycles. The highest BCUT2D eigenvalue weighted by molar-refractivity contribution is 7.94. The number of nitrogens with zero attached hydrogens (tertiary/aromatic N) is 2. The third kappa shape index (κ3) is 3.26. The zero-order valence-corrected chi connectivity index (χ0v) is 16.2. The molecule has 3 aromatic rings. The van der Waals surface area contributed by atoms with Crippen LogP contribution in [0.15, 0.2) is 39.0 Å². The molecule has 1 aliphatic rings. The zero-order valence-electron chi connectivity index (χ0n) is 14.5. The molecule has 136 valence electrons. The van der Waals surface area contributed by atoms with Gasteiger partial charge in [-0.05, 0) is 50.5 Å². The molecule has 26 heavy (non-hydrogen) atoms. The van der Waals surface area contributed by atoms with Crippen LogP contribution in [0.1, 0.15) is 42.2 Å². The molecule has 0 atom stereocenters. The fourth-order valence-electron chi connectivity index (χ4n) is 2.86. The molecule has 1 aromatic carbocycles. The van der Waals surface area contributed by atoms with Crippen LogP contribution in [0.4, 0.5) is 5.69 Å². The molecule has 6 nitrogen and oxygen atoms in total. The van der Waals surface area contributed by atoms with Crippen molar-refractivity contribution in [2.45, 2.75) is 43.2 Å². The SMILES string of the molecule is Cc1ccc(NS(=O)(=O)c2ccc(-c3nnc(C4CCC4)o3)s2)c(C)c1. The van der Waals surface area contributed by atoms with Gasteiger partial charge >= 0.3 is 0 Å². The predicted molar refractivity (Wildman–Crippen MR) is 101 cm³/mol. The number of thiophene rings is 1. The summed E-state index contributed by atoms with van der Waals surface area (Å²) < 4.78 is 34.0. The first-order chi connectivity index (χ1) is 12.4. The van der Waals surface area contributed by atoms with Crippen LogP contribution >= 0.6 is 11.3 Å². The minimum atomic E-state index is -3.66. The van der Waals surface area contributed by atoms with Gasteiger partial charge in [0.2, 0.25) is 5.89 Å². The molecule has 1 saturated carbocycles. The van der Waals surface area contributed by atoms with Crippen molar-refractivity contribution in [2.24, 2.45) is 0 Å². The van der Waals surface area contributed by atoms with Crippen LogP contribution in [0.5, 0.6) is 0 Å². The molecule has 4 rings (SSSR count). The van der Waals surface area contributed by atoms with Crippen LogP contribution in [0.25, 0.3) is 10.8 Å². The summed E-state index contributed by atoms with van der Waals surface area (Å²) in [6, 6.07) is 8.88. The van der Waals surface area contributed by atoms with Crippen molar-refractivity contribution in [3.8, 4) is 10.8 Å². The zero-order chi connectivity index (χ0) is 18.3. The molecular weight excluding hydrogens is 370 g/mol. The van der Waals surface area contributed by atoms with Crippen LogP contribution in [-0.4, -0.2) is 18.6 Å². The van der Waals surface area contributed by atoms with Gasteiger partial charge in [0.1, 0.15) is 4.21 Å². The van der Waals surface area contributed by atoms with E-state index >= 15 is 0 Å². The summed E-state index contributed by atoms with van der Waals surface area (Å²) in [4.78, 5) is 0.657. The minimum absolute atomic E-state index is 0.218. The second-order valence-corrected chi connectivity index (χ2v) is 9.61. The second-order valence-electron chi connectivity index (χ2n) is 6.62. The summed E-state index contributed by atoms with van der Waals surface area (Å²) in [5.74, 6) is 1.38. The van der Waals surface area contributed by atoms with Crippen LogP contribution in [0.2, 0.25) is 0 Å². The number of hydrogen-bond donors (Lipinski definition) is 1. The Morgan fingerprint density at radius 2 is 1.96 bits per heavy atom. The Morgan fingerprint density at radius 3 is 2.65 bits per heavy atom. The maximum absolute atomic E-state index is 12.7. The van der Waals surface area contributed by atoms with E-state index in [1.54, 1.807) is 18.2 Å². The van der Waals surface area contributed by atoms with Gasteiger partial charge in [0, 0.05) is 5.92 Å². The van der Waals surface area contributed by atoms with Crippen LogP contribution in [-0.2, 0) is 10.0 Å². The molecule has 0 unspecified atom stereocenters. The predicted octanol–water partition coefficient (Wildman–Crippen LogP) is 4.48. The van der Waals surface area contributed by atoms with Crippen LogP contribution in [0, 0.1) is 13.8 Å². The maximum atomic E-state index is 12.7. The van der Waals surface area contributed by atoms with E-state index in [-0.39, 0.29) is 4.21 Å². The summed E-state index contributed by atoms with van der Waals surface area (Å²) in [5, 5.41) is 8.17. The van der Waals surface area contributed by atoms with Crippen molar-refractivity contribution in [3.05, 3.63) is 47.3 Å². The summed E-state index contributed by atoms with van der Waals surface area (Å²) in [6.45, 7) is 3.85. The number of hydrogen-bond acceptors (Lipinski definition) is 6. The molecule has 2 heterocycles. The number of anilines is 1. The highest BCUT2D eigenvalue weighted by Crippen LogP contribution is 2.38. The third-order valence-corrected chi connectivity index (χ3v) is 7.51. The Kier molecular flexibility index (Phi) is 4.32. The third-order valence-electron chi connectivity index (χ3n) is 4.58. The van der Waals surface area contributed by atoms with E-state index in [1.165, 1.54) is 6.42 Å². The molecule has 2 aromatic heterocycles. The van der Waals surface area contributed by atoms with E-state index in [0.717, 1.165) is 35.3 Å². The Balaban J connectivity index is 1.57. The largest absolute Gasteiger partial charge is 0.420 e. The molecule has 0 bridgehead atoms. The Labute approximate surface area is 156 Å². The van der Waals surface area contributed by atoms with Gasteiger partial charge in [-0.1, -0.05) is 24.1 Å². The lowest BCUT2D eigenvalue weighted by Crippen LogP contribution is -2.12. The highest BCUT2D eigenvalue weighted by atomic mass is 32.2. The lowest BCUT2D eigenvalue weighted by atomic mass is 9.85. The molecule has 0 radical (unpaired) electrons. The van der Waals surface area contributed by atoms with Gasteiger partial charge in [0.05, 0.1) is 10.6 Å². The average molecular weight is 390 g/mol. The van der Waals surface area contributed by atoms with E-state index in [9.17, 15) is 8.42 Å². The minimum Gasteiger partial charge on any atom is -0.420 e. The van der Waals surface area contributed by atoms with Gasteiger partial charge in [-0.2, -0.15) is 0 Å². The Bertz CT molecular complexity index is 1050. The maximum Gasteiger partial charge on any atom is 0.271 e. The molecule has 1 aliphatic carbocycles. The lowest BCUT2D eigenvalue weighted by Gasteiger charge is -2.20. The van der Waals surface area contributed by atoms with Crippen molar-refractivity contribution >= 4 is 27.0 Å². The van der Waals surface area contributed by atoms with Crippen molar-refractivity contribution < 1.29 is 12.8 Å². The lowest BCUT2D eigenvalue weighted by molar-refractivity contribution is 0.338. The number of rotatable bonds is 5. The molecule has 0 amide bonds. The van der Waals surface area contributed by atoms with Gasteiger partial charge in [0.15, 0.2) is 0 Å². The normalized spacial score (nSPS) is 15.0. The van der Waals surface area contributed by atoms with Gasteiger partial charge in [0.25, 0.3) is 15.9 Å². The topological polar surface area (TPSA) is 85.1 Å². The number of sulfonamides is 1. The van der Waals surface area contributed by atoms with E-state index in [2.05, 4.69) is 14.9 Å². The summed E-state index contributed by atoms with van der Waals surface area (Å²) in [6.07, 6.45) is 3.34. The van der Waals surface area contributed by atoms with Crippen molar-refractivity contribution in [2.75, 3.05) is 4.72 Å². The van der Waals surface area contributed by atoms with Crippen molar-refractivity contribution in [1.82, 2.24) is 10.2 Å². The monoisotopic (exact) mass is 389 g/mol. The second kappa shape index (κ2) is 6.51. The van der Waals surface area contributed by atoms with Crippen molar-refractivity contribution in [3.63, 3.8) is 0 Å². The molecular formula is C18H19N3O3S2. The van der Waals surface area contributed by atoms with Gasteiger partial charge in [-0.15, -0.1) is 21.5 Å².